The Morgan fingerprint density at radius 2 is 1.37 bits per heavy atom. The van der Waals surface area contributed by atoms with Gasteiger partial charge in [0.1, 0.15) is 6.04 Å². The highest BCUT2D eigenvalue weighted by atomic mass is 16.4. The van der Waals surface area contributed by atoms with Crippen molar-refractivity contribution in [3.05, 3.63) is 114 Å². The number of carbonyl (C=O) groups is 2. The van der Waals surface area contributed by atoms with E-state index in [1.54, 1.807) is 6.07 Å². The van der Waals surface area contributed by atoms with Crippen LogP contribution in [0.4, 0.5) is 0 Å². The van der Waals surface area contributed by atoms with E-state index in [-0.39, 0.29) is 0 Å². The van der Waals surface area contributed by atoms with Gasteiger partial charge in [0.25, 0.3) is 5.91 Å². The molecule has 0 aliphatic carbocycles. The number of hydrogen-bond acceptors (Lipinski definition) is 3. The second-order valence-corrected chi connectivity index (χ2v) is 7.01. The van der Waals surface area contributed by atoms with Gasteiger partial charge in [0, 0.05) is 17.5 Å². The number of carbonyl (C=O) groups excluding carboxylic acids is 1. The molecule has 1 amide bonds. The fraction of sp³-hybridized carbons (Fsp3) is 0.0800. The van der Waals surface area contributed by atoms with Gasteiger partial charge in [0.05, 0.1) is 11.1 Å². The summed E-state index contributed by atoms with van der Waals surface area (Å²) < 4.78 is 0. The minimum atomic E-state index is -1.14. The second-order valence-electron chi connectivity index (χ2n) is 7.01. The van der Waals surface area contributed by atoms with Gasteiger partial charge in [0.2, 0.25) is 0 Å². The molecule has 1 aromatic heterocycles. The molecule has 30 heavy (non-hydrogen) atoms. The van der Waals surface area contributed by atoms with E-state index in [0.29, 0.717) is 5.56 Å². The van der Waals surface area contributed by atoms with Crippen LogP contribution in [0.3, 0.4) is 0 Å². The Labute approximate surface area is 174 Å². The molecule has 0 unspecified atom stereocenters. The maximum atomic E-state index is 13.0. The van der Waals surface area contributed by atoms with Crippen LogP contribution in [0, 0.1) is 0 Å². The maximum Gasteiger partial charge on any atom is 0.327 e. The summed E-state index contributed by atoms with van der Waals surface area (Å²) in [5, 5.41) is 13.5. The van der Waals surface area contributed by atoms with Gasteiger partial charge in [-0.3, -0.25) is 9.78 Å². The Kier molecular flexibility index (Phi) is 5.52. The molecule has 0 aliphatic heterocycles. The molecule has 0 spiro atoms. The lowest BCUT2D eigenvalue weighted by Gasteiger charge is -2.26. The third kappa shape index (κ3) is 4.05. The Morgan fingerprint density at radius 3 is 1.97 bits per heavy atom. The zero-order chi connectivity index (χ0) is 20.9. The normalized spacial score (nSPS) is 11.9. The monoisotopic (exact) mass is 396 g/mol. The number of aromatic nitrogens is 1. The predicted molar refractivity (Wildman–Crippen MR) is 115 cm³/mol. The van der Waals surface area contributed by atoms with E-state index >= 15 is 0 Å². The number of pyridine rings is 1. The highest BCUT2D eigenvalue weighted by Gasteiger charge is 2.32. The highest BCUT2D eigenvalue weighted by Crippen LogP contribution is 2.28. The molecule has 1 heterocycles. The first kappa shape index (κ1) is 19.3. The molecule has 0 fully saturated rings. The van der Waals surface area contributed by atoms with Crippen molar-refractivity contribution in [3.63, 3.8) is 0 Å². The summed E-state index contributed by atoms with van der Waals surface area (Å²) in [4.78, 5) is 29.5. The predicted octanol–water partition coefficient (Wildman–Crippen LogP) is 4.25. The smallest absolute Gasteiger partial charge is 0.327 e. The van der Waals surface area contributed by atoms with Gasteiger partial charge in [-0.05, 0) is 23.3 Å². The van der Waals surface area contributed by atoms with Gasteiger partial charge >= 0.3 is 5.97 Å². The summed E-state index contributed by atoms with van der Waals surface area (Å²) >= 11 is 0. The number of benzene rings is 3. The van der Waals surface area contributed by atoms with Gasteiger partial charge in [-0.15, -0.1) is 0 Å². The number of nitrogens with zero attached hydrogens (tertiary/aromatic N) is 1. The minimum Gasteiger partial charge on any atom is -0.480 e. The molecule has 0 radical (unpaired) electrons. The van der Waals surface area contributed by atoms with Crippen LogP contribution in [0.15, 0.2) is 97.2 Å². The molecular formula is C25H20N2O3. The van der Waals surface area contributed by atoms with Crippen LogP contribution in [-0.2, 0) is 4.79 Å². The van der Waals surface area contributed by atoms with E-state index in [9.17, 15) is 14.7 Å². The third-order valence-corrected chi connectivity index (χ3v) is 5.06. The molecule has 4 rings (SSSR count). The molecule has 0 saturated carbocycles. The van der Waals surface area contributed by atoms with Crippen molar-refractivity contribution >= 4 is 22.8 Å². The Balaban J connectivity index is 1.70. The van der Waals surface area contributed by atoms with Crippen molar-refractivity contribution in [3.8, 4) is 0 Å². The first-order chi connectivity index (χ1) is 14.6. The summed E-state index contributed by atoms with van der Waals surface area (Å²) in [5.74, 6) is -2.12. The van der Waals surface area contributed by atoms with Crippen LogP contribution in [-0.4, -0.2) is 28.0 Å². The number of fused-ring (bicyclic) bond motifs is 1. The molecule has 5 heteroatoms. The molecule has 2 N–H and O–H groups in total. The summed E-state index contributed by atoms with van der Waals surface area (Å²) in [6, 6.07) is 26.7. The van der Waals surface area contributed by atoms with Gasteiger partial charge in [0.15, 0.2) is 0 Å². The summed E-state index contributed by atoms with van der Waals surface area (Å²) in [6.45, 7) is 0. The lowest BCUT2D eigenvalue weighted by Crippen LogP contribution is -2.45. The third-order valence-electron chi connectivity index (χ3n) is 5.06. The van der Waals surface area contributed by atoms with Gasteiger partial charge in [-0.25, -0.2) is 4.79 Å². The molecule has 148 valence electrons. The first-order valence-electron chi connectivity index (χ1n) is 9.62. The topological polar surface area (TPSA) is 79.3 Å². The Bertz CT molecular complexity index is 1140. The van der Waals surface area contributed by atoms with E-state index in [4.69, 9.17) is 0 Å². The zero-order valence-electron chi connectivity index (χ0n) is 16.1. The lowest BCUT2D eigenvalue weighted by atomic mass is 9.85. The zero-order valence-corrected chi connectivity index (χ0v) is 16.1. The molecule has 0 saturated heterocycles. The molecule has 0 aliphatic rings. The van der Waals surface area contributed by atoms with Crippen LogP contribution in [0.5, 0.6) is 0 Å². The highest BCUT2D eigenvalue weighted by molar-refractivity contribution is 5.99. The van der Waals surface area contributed by atoms with Crippen LogP contribution >= 0.6 is 0 Å². The van der Waals surface area contributed by atoms with Crippen molar-refractivity contribution in [2.75, 3.05) is 0 Å². The van der Waals surface area contributed by atoms with Crippen LogP contribution in [0.1, 0.15) is 27.4 Å². The van der Waals surface area contributed by atoms with Crippen molar-refractivity contribution in [2.24, 2.45) is 0 Å². The summed E-state index contributed by atoms with van der Waals surface area (Å²) in [6.07, 6.45) is 1.47. The van der Waals surface area contributed by atoms with Crippen LogP contribution < -0.4 is 5.32 Å². The quantitative estimate of drug-likeness (QED) is 0.511. The SMILES string of the molecule is O=C(N[C@H](C(=O)O)C(c1ccccc1)c1ccccc1)c1cnc2ccccc2c1. The molecule has 3 aromatic carbocycles. The number of aliphatic carboxylic acids is 1. The first-order valence-corrected chi connectivity index (χ1v) is 9.62. The van der Waals surface area contributed by atoms with Crippen molar-refractivity contribution in [1.29, 1.82) is 0 Å². The van der Waals surface area contributed by atoms with Crippen molar-refractivity contribution < 1.29 is 14.7 Å². The number of rotatable bonds is 6. The summed E-state index contributed by atoms with van der Waals surface area (Å²) in [7, 11) is 0. The van der Waals surface area contributed by atoms with E-state index in [0.717, 1.165) is 22.0 Å². The molecule has 5 nitrogen and oxygen atoms in total. The molecule has 4 aromatic rings. The lowest BCUT2D eigenvalue weighted by molar-refractivity contribution is -0.139. The number of carboxylic acid groups (broad SMARTS) is 1. The Morgan fingerprint density at radius 1 is 0.800 bits per heavy atom. The summed E-state index contributed by atoms with van der Waals surface area (Å²) in [5.41, 5.74) is 2.72. The van der Waals surface area contributed by atoms with Crippen LogP contribution in [0.25, 0.3) is 10.9 Å². The fourth-order valence-corrected chi connectivity index (χ4v) is 3.61. The van der Waals surface area contributed by atoms with E-state index in [1.165, 1.54) is 6.20 Å². The number of carboxylic acids is 1. The van der Waals surface area contributed by atoms with Gasteiger partial charge in [-0.1, -0.05) is 78.9 Å². The average molecular weight is 396 g/mol. The van der Waals surface area contributed by atoms with Gasteiger partial charge < -0.3 is 10.4 Å². The van der Waals surface area contributed by atoms with Crippen molar-refractivity contribution in [1.82, 2.24) is 10.3 Å². The second kappa shape index (κ2) is 8.57. The van der Waals surface area contributed by atoms with E-state index < -0.39 is 23.8 Å². The number of para-hydroxylation sites is 1. The maximum absolute atomic E-state index is 13.0. The van der Waals surface area contributed by atoms with E-state index in [1.807, 2.05) is 84.9 Å². The number of hydrogen-bond donors (Lipinski definition) is 2. The fourth-order valence-electron chi connectivity index (χ4n) is 3.61. The van der Waals surface area contributed by atoms with Crippen LogP contribution in [0.2, 0.25) is 0 Å². The van der Waals surface area contributed by atoms with Gasteiger partial charge in [-0.2, -0.15) is 0 Å². The Hall–Kier alpha value is -3.99. The standard InChI is InChI=1S/C25H20N2O3/c28-24(20-15-19-13-7-8-14-21(19)26-16-20)27-23(25(29)30)22(17-9-3-1-4-10-17)18-11-5-2-6-12-18/h1-16,22-23H,(H,27,28)(H,29,30)/t23-/m0/s1. The van der Waals surface area contributed by atoms with E-state index in [2.05, 4.69) is 10.3 Å². The number of amides is 1. The average Bonchev–Trinajstić information content (AvgIpc) is 2.79. The molecular weight excluding hydrogens is 376 g/mol. The molecule has 1 atom stereocenters. The largest absolute Gasteiger partial charge is 0.480 e. The molecule has 0 bridgehead atoms. The number of nitrogens with one attached hydrogen (secondary N) is 1. The van der Waals surface area contributed by atoms with Crippen molar-refractivity contribution in [2.45, 2.75) is 12.0 Å². The minimum absolute atomic E-state index is 0.319.